The van der Waals surface area contributed by atoms with E-state index in [9.17, 15) is 8.78 Å². The molecule has 0 unspecified atom stereocenters. The molecule has 0 saturated heterocycles. The Hall–Kier alpha value is -1.72. The average molecular weight is 423 g/mol. The first-order valence-electron chi connectivity index (χ1n) is 10.3. The fraction of sp³-hybridized carbons (Fsp3) is 0.522. The van der Waals surface area contributed by atoms with Gasteiger partial charge in [-0.05, 0) is 74.8 Å². The summed E-state index contributed by atoms with van der Waals surface area (Å²) in [6, 6.07) is 9.87. The summed E-state index contributed by atoms with van der Waals surface area (Å²) >= 11 is 5.83. The summed E-state index contributed by atoms with van der Waals surface area (Å²) in [4.78, 5) is 4.43. The van der Waals surface area contributed by atoms with Crippen molar-refractivity contribution < 1.29 is 13.5 Å². The van der Waals surface area contributed by atoms with E-state index in [1.807, 2.05) is 13.0 Å². The van der Waals surface area contributed by atoms with Crippen LogP contribution in [0.15, 0.2) is 36.4 Å². The quantitative estimate of drug-likeness (QED) is 0.481. The predicted molar refractivity (Wildman–Crippen MR) is 113 cm³/mol. The smallest absolute Gasteiger partial charge is 0.273 e. The second kappa shape index (κ2) is 9.86. The lowest BCUT2D eigenvalue weighted by Crippen LogP contribution is -2.21. The lowest BCUT2D eigenvalue weighted by atomic mass is 9.98. The minimum atomic E-state index is -2.86. The van der Waals surface area contributed by atoms with Gasteiger partial charge in [0.25, 0.3) is 5.92 Å². The zero-order valence-electron chi connectivity index (χ0n) is 16.8. The number of anilines is 1. The van der Waals surface area contributed by atoms with E-state index in [0.717, 1.165) is 36.9 Å². The van der Waals surface area contributed by atoms with E-state index in [0.29, 0.717) is 36.2 Å². The molecule has 0 radical (unpaired) electrons. The van der Waals surface area contributed by atoms with Crippen LogP contribution in [0.25, 0.3) is 0 Å². The molecule has 1 aromatic carbocycles. The fourth-order valence-electron chi connectivity index (χ4n) is 4.14. The third-order valence-corrected chi connectivity index (χ3v) is 5.80. The van der Waals surface area contributed by atoms with E-state index < -0.39 is 5.92 Å². The summed E-state index contributed by atoms with van der Waals surface area (Å²) in [5.74, 6) is -1.90. The van der Waals surface area contributed by atoms with Crippen molar-refractivity contribution in [3.8, 4) is 0 Å². The van der Waals surface area contributed by atoms with Crippen LogP contribution < -0.4 is 5.73 Å². The number of rotatable bonds is 9. The summed E-state index contributed by atoms with van der Waals surface area (Å²) in [5, 5.41) is 0.336. The van der Waals surface area contributed by atoms with Crippen LogP contribution in [0.3, 0.4) is 0 Å². The molecule has 1 aromatic heterocycles. The van der Waals surface area contributed by atoms with Gasteiger partial charge in [-0.15, -0.1) is 0 Å². The Labute approximate surface area is 176 Å². The molecule has 1 aliphatic carbocycles. The Morgan fingerprint density at radius 1 is 1.21 bits per heavy atom. The van der Waals surface area contributed by atoms with Gasteiger partial charge in [0.15, 0.2) is 0 Å². The number of aryl methyl sites for hydroxylation is 1. The molecule has 0 bridgehead atoms. The Morgan fingerprint density at radius 2 is 2.03 bits per heavy atom. The number of nitrogen functional groups attached to an aromatic ring is 1. The standard InChI is InChI=1S/C23H29ClF2N2O/c1-16-12-20(28-22(27)13-16)14-17-6-4-9-21(17)29-11-3-2-10-23(25,26)18-7-5-8-19(24)15-18/h5,7-8,12-13,15,17,21H,2-4,6,9-11,14H2,1H3,(H2,27,28)/t17-,21-/m0/s1. The Kier molecular flexibility index (Phi) is 7.47. The van der Waals surface area contributed by atoms with E-state index in [1.54, 1.807) is 12.1 Å². The largest absolute Gasteiger partial charge is 0.384 e. The number of hydrogen-bond acceptors (Lipinski definition) is 3. The van der Waals surface area contributed by atoms with Crippen LogP contribution in [0, 0.1) is 12.8 Å². The summed E-state index contributed by atoms with van der Waals surface area (Å²) in [7, 11) is 0. The van der Waals surface area contributed by atoms with Gasteiger partial charge in [0.1, 0.15) is 5.82 Å². The van der Waals surface area contributed by atoms with Crippen LogP contribution >= 0.6 is 11.6 Å². The lowest BCUT2D eigenvalue weighted by Gasteiger charge is -2.21. The van der Waals surface area contributed by atoms with Crippen molar-refractivity contribution in [3.63, 3.8) is 0 Å². The number of nitrogens with two attached hydrogens (primary N) is 1. The van der Waals surface area contributed by atoms with Gasteiger partial charge in [0.2, 0.25) is 0 Å². The molecule has 2 aromatic rings. The van der Waals surface area contributed by atoms with E-state index in [-0.39, 0.29) is 18.1 Å². The van der Waals surface area contributed by atoms with Crippen molar-refractivity contribution in [1.82, 2.24) is 4.98 Å². The molecular weight excluding hydrogens is 394 g/mol. The molecule has 3 rings (SSSR count). The zero-order valence-corrected chi connectivity index (χ0v) is 17.6. The second-order valence-corrected chi connectivity index (χ2v) is 8.47. The van der Waals surface area contributed by atoms with E-state index in [1.165, 1.54) is 12.1 Å². The van der Waals surface area contributed by atoms with Crippen LogP contribution in [0.2, 0.25) is 5.02 Å². The first kappa shape index (κ1) is 22.0. The zero-order chi connectivity index (χ0) is 20.9. The number of halogens is 3. The van der Waals surface area contributed by atoms with Crippen LogP contribution in [0.1, 0.15) is 55.3 Å². The summed E-state index contributed by atoms with van der Waals surface area (Å²) in [5.41, 5.74) is 7.95. The maximum atomic E-state index is 14.3. The predicted octanol–water partition coefficient (Wildman–Crippen LogP) is 6.32. The van der Waals surface area contributed by atoms with E-state index >= 15 is 0 Å². The second-order valence-electron chi connectivity index (χ2n) is 8.04. The van der Waals surface area contributed by atoms with Gasteiger partial charge < -0.3 is 10.5 Å². The molecule has 1 heterocycles. The van der Waals surface area contributed by atoms with Crippen LogP contribution in [-0.4, -0.2) is 17.7 Å². The Balaban J connectivity index is 1.42. The number of alkyl halides is 2. The molecule has 1 aliphatic rings. The van der Waals surface area contributed by atoms with Crippen molar-refractivity contribution in [1.29, 1.82) is 0 Å². The summed E-state index contributed by atoms with van der Waals surface area (Å²) in [6.45, 7) is 2.53. The Bertz CT molecular complexity index is 795. The van der Waals surface area contributed by atoms with Gasteiger partial charge in [0.05, 0.1) is 6.10 Å². The number of nitrogens with zero attached hydrogens (tertiary/aromatic N) is 1. The highest BCUT2D eigenvalue weighted by atomic mass is 35.5. The lowest BCUT2D eigenvalue weighted by molar-refractivity contribution is -0.0210. The van der Waals surface area contributed by atoms with Gasteiger partial charge in [0, 0.05) is 29.3 Å². The highest BCUT2D eigenvalue weighted by Gasteiger charge is 2.31. The highest BCUT2D eigenvalue weighted by Crippen LogP contribution is 2.35. The minimum absolute atomic E-state index is 0.0216. The molecule has 29 heavy (non-hydrogen) atoms. The third-order valence-electron chi connectivity index (χ3n) is 5.57. The molecule has 2 atom stereocenters. The van der Waals surface area contributed by atoms with Crippen molar-refractivity contribution in [2.75, 3.05) is 12.3 Å². The third kappa shape index (κ3) is 6.38. The maximum Gasteiger partial charge on any atom is 0.273 e. The molecule has 0 aliphatic heterocycles. The fourth-order valence-corrected chi connectivity index (χ4v) is 4.33. The SMILES string of the molecule is Cc1cc(N)nc(C[C@@H]2CCC[C@@H]2OCCCCC(F)(F)c2cccc(Cl)c2)c1. The van der Waals surface area contributed by atoms with Gasteiger partial charge in [-0.2, -0.15) is 0 Å². The summed E-state index contributed by atoms with van der Waals surface area (Å²) in [6.07, 6.45) is 5.11. The first-order valence-corrected chi connectivity index (χ1v) is 10.7. The van der Waals surface area contributed by atoms with Crippen molar-refractivity contribution in [2.24, 2.45) is 5.92 Å². The molecule has 158 valence electrons. The molecule has 1 fully saturated rings. The maximum absolute atomic E-state index is 14.3. The summed E-state index contributed by atoms with van der Waals surface area (Å²) < 4.78 is 34.7. The van der Waals surface area contributed by atoms with Crippen LogP contribution in [-0.2, 0) is 17.1 Å². The normalized spacial score (nSPS) is 19.6. The van der Waals surface area contributed by atoms with Crippen LogP contribution in [0.5, 0.6) is 0 Å². The number of unbranched alkanes of at least 4 members (excludes halogenated alkanes) is 1. The highest BCUT2D eigenvalue weighted by molar-refractivity contribution is 6.30. The van der Waals surface area contributed by atoms with Crippen molar-refractivity contribution >= 4 is 17.4 Å². The Morgan fingerprint density at radius 3 is 2.79 bits per heavy atom. The molecule has 6 heteroatoms. The molecular formula is C23H29ClF2N2O. The van der Waals surface area contributed by atoms with E-state index in [2.05, 4.69) is 11.1 Å². The van der Waals surface area contributed by atoms with E-state index in [4.69, 9.17) is 22.1 Å². The number of aromatic nitrogens is 1. The van der Waals surface area contributed by atoms with Gasteiger partial charge >= 0.3 is 0 Å². The van der Waals surface area contributed by atoms with Gasteiger partial charge in [-0.1, -0.05) is 30.2 Å². The number of benzene rings is 1. The molecule has 0 spiro atoms. The molecule has 3 nitrogen and oxygen atoms in total. The van der Waals surface area contributed by atoms with Gasteiger partial charge in [-0.25, -0.2) is 13.8 Å². The topological polar surface area (TPSA) is 48.1 Å². The monoisotopic (exact) mass is 422 g/mol. The number of hydrogen-bond donors (Lipinski definition) is 1. The first-order chi connectivity index (χ1) is 13.8. The van der Waals surface area contributed by atoms with Crippen molar-refractivity contribution in [2.45, 2.75) is 63.9 Å². The van der Waals surface area contributed by atoms with Crippen LogP contribution in [0.4, 0.5) is 14.6 Å². The molecule has 2 N–H and O–H groups in total. The molecule has 0 amide bonds. The number of pyridine rings is 1. The van der Waals surface area contributed by atoms with Crippen molar-refractivity contribution in [3.05, 3.63) is 58.2 Å². The number of ether oxygens (including phenoxy) is 1. The molecule has 1 saturated carbocycles. The van der Waals surface area contributed by atoms with Gasteiger partial charge in [-0.3, -0.25) is 0 Å². The average Bonchev–Trinajstić information content (AvgIpc) is 3.07. The minimum Gasteiger partial charge on any atom is -0.384 e.